The number of aldehydes is 1. The van der Waals surface area contributed by atoms with E-state index < -0.39 is 0 Å². The van der Waals surface area contributed by atoms with E-state index in [9.17, 15) is 4.79 Å². The number of carbonyl (C=O) groups excluding carboxylic acids is 1. The number of aromatic nitrogens is 2. The van der Waals surface area contributed by atoms with Gasteiger partial charge in [0.25, 0.3) is 0 Å². The maximum absolute atomic E-state index is 10.9. The smallest absolute Gasteiger partial charge is 0.154 e. The first-order valence-corrected chi connectivity index (χ1v) is 8.34. The molecule has 1 aromatic heterocycles. The third-order valence-corrected chi connectivity index (χ3v) is 4.26. The normalized spacial score (nSPS) is 11.0. The van der Waals surface area contributed by atoms with Crippen molar-refractivity contribution in [2.45, 2.75) is 20.3 Å². The maximum atomic E-state index is 10.9. The number of benzene rings is 2. The van der Waals surface area contributed by atoms with Crippen molar-refractivity contribution in [2.24, 2.45) is 5.92 Å². The highest BCUT2D eigenvalue weighted by Crippen LogP contribution is 2.25. The lowest BCUT2D eigenvalue weighted by atomic mass is 9.98. The number of carbonyl (C=O) groups is 1. The van der Waals surface area contributed by atoms with Gasteiger partial charge < -0.3 is 0 Å². The minimum Gasteiger partial charge on any atom is -0.298 e. The molecule has 24 heavy (non-hydrogen) atoms. The van der Waals surface area contributed by atoms with Gasteiger partial charge in [0, 0.05) is 0 Å². The second-order valence-electron chi connectivity index (χ2n) is 6.27. The third-order valence-electron chi connectivity index (χ3n) is 3.88. The minimum atomic E-state index is 0.330. The van der Waals surface area contributed by atoms with Gasteiger partial charge in [-0.05, 0) is 41.2 Å². The Morgan fingerprint density at radius 2 is 1.88 bits per heavy atom. The Kier molecular flexibility index (Phi) is 4.81. The van der Waals surface area contributed by atoms with Crippen molar-refractivity contribution in [1.82, 2.24) is 9.78 Å². The molecule has 0 saturated heterocycles. The zero-order chi connectivity index (χ0) is 17.1. The second-order valence-corrected chi connectivity index (χ2v) is 6.62. The Hall–Kier alpha value is -2.39. The predicted octanol–water partition coefficient (Wildman–Crippen LogP) is 5.20. The fraction of sp³-hybridized carbons (Fsp3) is 0.200. The van der Waals surface area contributed by atoms with E-state index in [0.29, 0.717) is 22.9 Å². The topological polar surface area (TPSA) is 34.9 Å². The highest BCUT2D eigenvalue weighted by atomic mass is 35.5. The Balaban J connectivity index is 1.89. The minimum absolute atomic E-state index is 0.330. The summed E-state index contributed by atoms with van der Waals surface area (Å²) in [6.45, 7) is 4.45. The van der Waals surface area contributed by atoms with E-state index >= 15 is 0 Å². The number of nitrogens with zero attached hydrogens (tertiary/aromatic N) is 2. The Bertz CT molecular complexity index is 850. The molecule has 3 rings (SSSR count). The summed E-state index contributed by atoms with van der Waals surface area (Å²) in [5.41, 5.74) is 4.90. The first-order valence-electron chi connectivity index (χ1n) is 7.97. The van der Waals surface area contributed by atoms with E-state index in [4.69, 9.17) is 11.6 Å². The summed E-state index contributed by atoms with van der Waals surface area (Å²) in [6, 6.07) is 16.6. The van der Waals surface area contributed by atoms with E-state index in [1.807, 2.05) is 24.3 Å². The molecule has 3 nitrogen and oxygen atoms in total. The summed E-state index contributed by atoms with van der Waals surface area (Å²) < 4.78 is 1.56. The molecule has 0 N–H and O–H groups in total. The van der Waals surface area contributed by atoms with Crippen LogP contribution in [0.2, 0.25) is 5.15 Å². The standard InChI is InChI=1S/C20H19ClN2O/c1-14(2)10-15-4-3-5-17(11-15)16-6-8-19(9-7-16)23-20(21)18(13-24)12-22-23/h3-9,11-14H,10H2,1-2H3. The molecule has 4 heteroatoms. The van der Waals surface area contributed by atoms with E-state index in [-0.39, 0.29) is 0 Å². The van der Waals surface area contributed by atoms with Gasteiger partial charge in [-0.2, -0.15) is 5.10 Å². The van der Waals surface area contributed by atoms with Crippen LogP contribution in [0.25, 0.3) is 16.8 Å². The molecule has 1 heterocycles. The molecule has 2 aromatic carbocycles. The lowest BCUT2D eigenvalue weighted by Gasteiger charge is -2.09. The van der Waals surface area contributed by atoms with Gasteiger partial charge in [0.05, 0.1) is 17.4 Å². The summed E-state index contributed by atoms with van der Waals surface area (Å²) in [5, 5.41) is 4.49. The van der Waals surface area contributed by atoms with Gasteiger partial charge in [-0.3, -0.25) is 4.79 Å². The van der Waals surface area contributed by atoms with Gasteiger partial charge in [-0.15, -0.1) is 0 Å². The van der Waals surface area contributed by atoms with Gasteiger partial charge in [-0.25, -0.2) is 4.68 Å². The van der Waals surface area contributed by atoms with E-state index in [0.717, 1.165) is 17.7 Å². The van der Waals surface area contributed by atoms with Crippen LogP contribution in [0.15, 0.2) is 54.7 Å². The number of halogens is 1. The molecule has 0 fully saturated rings. The van der Waals surface area contributed by atoms with E-state index in [2.05, 4.69) is 43.2 Å². The van der Waals surface area contributed by atoms with Crippen molar-refractivity contribution in [3.05, 3.63) is 71.0 Å². The first kappa shape index (κ1) is 16.5. The average molecular weight is 339 g/mol. The first-order chi connectivity index (χ1) is 11.6. The molecule has 0 aliphatic carbocycles. The predicted molar refractivity (Wildman–Crippen MR) is 97.9 cm³/mol. The van der Waals surface area contributed by atoms with Crippen LogP contribution in [0.5, 0.6) is 0 Å². The molecule has 0 spiro atoms. The van der Waals surface area contributed by atoms with Crippen LogP contribution < -0.4 is 0 Å². The average Bonchev–Trinajstić information content (AvgIpc) is 2.95. The molecule has 3 aromatic rings. The summed E-state index contributed by atoms with van der Waals surface area (Å²) in [5.74, 6) is 0.636. The van der Waals surface area contributed by atoms with Crippen LogP contribution in [0, 0.1) is 5.92 Å². The van der Waals surface area contributed by atoms with Gasteiger partial charge in [0.1, 0.15) is 5.15 Å². The highest BCUT2D eigenvalue weighted by Gasteiger charge is 2.09. The molecule has 0 amide bonds. The molecule has 0 aliphatic rings. The van der Waals surface area contributed by atoms with Crippen molar-refractivity contribution in [1.29, 1.82) is 0 Å². The number of hydrogen-bond donors (Lipinski definition) is 0. The maximum Gasteiger partial charge on any atom is 0.154 e. The van der Waals surface area contributed by atoms with E-state index in [1.54, 1.807) is 4.68 Å². The monoisotopic (exact) mass is 338 g/mol. The van der Waals surface area contributed by atoms with Crippen LogP contribution in [0.1, 0.15) is 29.8 Å². The van der Waals surface area contributed by atoms with E-state index in [1.165, 1.54) is 17.3 Å². The van der Waals surface area contributed by atoms with Crippen molar-refractivity contribution < 1.29 is 4.79 Å². The fourth-order valence-electron chi connectivity index (χ4n) is 2.75. The quantitative estimate of drug-likeness (QED) is 0.599. The fourth-order valence-corrected chi connectivity index (χ4v) is 2.98. The molecular weight excluding hydrogens is 320 g/mol. The van der Waals surface area contributed by atoms with Crippen molar-refractivity contribution in [3.8, 4) is 16.8 Å². The number of hydrogen-bond acceptors (Lipinski definition) is 2. The molecular formula is C20H19ClN2O. The summed E-state index contributed by atoms with van der Waals surface area (Å²) in [4.78, 5) is 10.9. The van der Waals surface area contributed by atoms with Gasteiger partial charge >= 0.3 is 0 Å². The van der Waals surface area contributed by atoms with Gasteiger partial charge in [-0.1, -0.05) is 61.8 Å². The van der Waals surface area contributed by atoms with Gasteiger partial charge in [0.15, 0.2) is 6.29 Å². The molecule has 0 radical (unpaired) electrons. The molecule has 0 unspecified atom stereocenters. The van der Waals surface area contributed by atoms with Crippen molar-refractivity contribution in [3.63, 3.8) is 0 Å². The molecule has 0 saturated carbocycles. The highest BCUT2D eigenvalue weighted by molar-refractivity contribution is 6.32. The summed E-state index contributed by atoms with van der Waals surface area (Å²) in [7, 11) is 0. The van der Waals surface area contributed by atoms with Crippen LogP contribution in [0.4, 0.5) is 0 Å². The van der Waals surface area contributed by atoms with Crippen LogP contribution in [-0.4, -0.2) is 16.1 Å². The lowest BCUT2D eigenvalue weighted by molar-refractivity contribution is 0.112. The largest absolute Gasteiger partial charge is 0.298 e. The molecule has 122 valence electrons. The molecule has 0 aliphatic heterocycles. The van der Waals surface area contributed by atoms with Crippen LogP contribution in [-0.2, 0) is 6.42 Å². The summed E-state index contributed by atoms with van der Waals surface area (Å²) >= 11 is 6.15. The molecule has 0 bridgehead atoms. The summed E-state index contributed by atoms with van der Waals surface area (Å²) in [6.07, 6.45) is 3.25. The number of rotatable bonds is 5. The Morgan fingerprint density at radius 3 is 2.50 bits per heavy atom. The SMILES string of the molecule is CC(C)Cc1cccc(-c2ccc(-n3ncc(C=O)c3Cl)cc2)c1. The second kappa shape index (κ2) is 7.02. The molecule has 0 atom stereocenters. The van der Waals surface area contributed by atoms with Crippen molar-refractivity contribution >= 4 is 17.9 Å². The van der Waals surface area contributed by atoms with Crippen LogP contribution in [0.3, 0.4) is 0 Å². The van der Waals surface area contributed by atoms with Gasteiger partial charge in [0.2, 0.25) is 0 Å². The Labute approximate surface area is 146 Å². The third kappa shape index (κ3) is 3.41. The van der Waals surface area contributed by atoms with Crippen LogP contribution >= 0.6 is 11.6 Å². The zero-order valence-corrected chi connectivity index (χ0v) is 14.5. The zero-order valence-electron chi connectivity index (χ0n) is 13.7. The Morgan fingerprint density at radius 1 is 1.12 bits per heavy atom. The van der Waals surface area contributed by atoms with Crippen molar-refractivity contribution in [2.75, 3.05) is 0 Å². The lowest BCUT2D eigenvalue weighted by Crippen LogP contribution is -1.96.